The molecule has 20 heavy (non-hydrogen) atoms. The number of carbonyl (C=O) groups excluding carboxylic acids is 1. The number of carbonyl (C=O) groups is 1. The maximum Gasteiger partial charge on any atom is 0.251 e. The smallest absolute Gasteiger partial charge is 0.251 e. The lowest BCUT2D eigenvalue weighted by Crippen LogP contribution is -2.26. The van der Waals surface area contributed by atoms with E-state index in [-0.39, 0.29) is 18.1 Å². The molecular formula is C16H18FNO2. The van der Waals surface area contributed by atoms with Gasteiger partial charge in [-0.1, -0.05) is 18.8 Å². The molecule has 2 rings (SSSR count). The van der Waals surface area contributed by atoms with Crippen LogP contribution in [0, 0.1) is 29.5 Å². The van der Waals surface area contributed by atoms with Crippen molar-refractivity contribution in [2.75, 3.05) is 13.2 Å². The molecule has 3 nitrogen and oxygen atoms in total. The van der Waals surface area contributed by atoms with Crippen molar-refractivity contribution in [3.63, 3.8) is 0 Å². The molecule has 0 bridgehead atoms. The fourth-order valence-electron chi connectivity index (χ4n) is 1.98. The number of benzene rings is 1. The summed E-state index contributed by atoms with van der Waals surface area (Å²) in [6.07, 6.45) is 1.45. The molecule has 1 fully saturated rings. The number of hydrogen-bond acceptors (Lipinski definition) is 2. The van der Waals surface area contributed by atoms with Gasteiger partial charge in [0.15, 0.2) is 0 Å². The highest BCUT2D eigenvalue weighted by atomic mass is 19.1. The van der Waals surface area contributed by atoms with E-state index in [4.69, 9.17) is 5.11 Å². The number of nitrogens with one attached hydrogen (secondary N) is 1. The van der Waals surface area contributed by atoms with Crippen LogP contribution in [0.2, 0.25) is 0 Å². The lowest BCUT2D eigenvalue weighted by atomic mass is 10.1. The second kappa shape index (κ2) is 6.53. The molecule has 2 N–H and O–H groups in total. The Morgan fingerprint density at radius 3 is 2.90 bits per heavy atom. The number of amides is 1. The van der Waals surface area contributed by atoms with Crippen molar-refractivity contribution in [2.45, 2.75) is 19.8 Å². The second-order valence-electron chi connectivity index (χ2n) is 5.15. The SMILES string of the molecule is CC1CC1CNC(=O)c1ccc(C#CCCO)c(F)c1. The highest BCUT2D eigenvalue weighted by molar-refractivity contribution is 5.94. The molecule has 1 aliphatic rings. The molecule has 0 radical (unpaired) electrons. The van der Waals surface area contributed by atoms with Crippen LogP contribution < -0.4 is 5.32 Å². The summed E-state index contributed by atoms with van der Waals surface area (Å²) < 4.78 is 13.8. The summed E-state index contributed by atoms with van der Waals surface area (Å²) in [6.45, 7) is 2.75. The van der Waals surface area contributed by atoms with Gasteiger partial charge in [0, 0.05) is 18.5 Å². The quantitative estimate of drug-likeness (QED) is 0.825. The molecule has 0 heterocycles. The Bertz CT molecular complexity index is 559. The molecule has 1 aromatic rings. The van der Waals surface area contributed by atoms with Crippen LogP contribution in [0.3, 0.4) is 0 Å². The first kappa shape index (κ1) is 14.5. The molecular weight excluding hydrogens is 257 g/mol. The van der Waals surface area contributed by atoms with E-state index in [0.717, 1.165) is 6.42 Å². The van der Waals surface area contributed by atoms with E-state index in [1.807, 2.05) is 0 Å². The summed E-state index contributed by atoms with van der Waals surface area (Å²) in [7, 11) is 0. The summed E-state index contributed by atoms with van der Waals surface area (Å²) in [5.41, 5.74) is 0.550. The van der Waals surface area contributed by atoms with Crippen LogP contribution >= 0.6 is 0 Å². The summed E-state index contributed by atoms with van der Waals surface area (Å²) in [4.78, 5) is 11.9. The molecule has 4 heteroatoms. The first-order valence-corrected chi connectivity index (χ1v) is 6.79. The molecule has 0 aliphatic heterocycles. The molecule has 1 aliphatic carbocycles. The van der Waals surface area contributed by atoms with Gasteiger partial charge < -0.3 is 10.4 Å². The second-order valence-corrected chi connectivity index (χ2v) is 5.15. The van der Waals surface area contributed by atoms with E-state index in [0.29, 0.717) is 30.4 Å². The Labute approximate surface area is 118 Å². The van der Waals surface area contributed by atoms with Gasteiger partial charge in [0.1, 0.15) is 5.82 Å². The van der Waals surface area contributed by atoms with Crippen LogP contribution in [-0.2, 0) is 0 Å². The first-order chi connectivity index (χ1) is 9.61. The fourth-order valence-corrected chi connectivity index (χ4v) is 1.98. The molecule has 0 saturated heterocycles. The molecule has 0 spiro atoms. The minimum atomic E-state index is -0.511. The fraction of sp³-hybridized carbons (Fsp3) is 0.438. The maximum absolute atomic E-state index is 13.8. The van der Waals surface area contributed by atoms with Crippen LogP contribution in [0.5, 0.6) is 0 Å². The van der Waals surface area contributed by atoms with Crippen LogP contribution in [0.1, 0.15) is 35.7 Å². The molecule has 2 unspecified atom stereocenters. The minimum absolute atomic E-state index is 0.0469. The Kier molecular flexibility index (Phi) is 4.75. The van der Waals surface area contributed by atoms with E-state index in [1.165, 1.54) is 12.1 Å². The van der Waals surface area contributed by atoms with E-state index < -0.39 is 5.82 Å². The zero-order chi connectivity index (χ0) is 14.5. The first-order valence-electron chi connectivity index (χ1n) is 6.79. The zero-order valence-corrected chi connectivity index (χ0v) is 11.4. The van der Waals surface area contributed by atoms with Gasteiger partial charge in [0.2, 0.25) is 0 Å². The maximum atomic E-state index is 13.8. The average molecular weight is 275 g/mol. The Morgan fingerprint density at radius 2 is 2.30 bits per heavy atom. The third-order valence-electron chi connectivity index (χ3n) is 3.49. The number of halogens is 1. The molecule has 1 amide bonds. The Hall–Kier alpha value is -1.86. The van der Waals surface area contributed by atoms with Gasteiger partial charge in [-0.2, -0.15) is 0 Å². The number of rotatable bonds is 4. The van der Waals surface area contributed by atoms with Crippen LogP contribution in [-0.4, -0.2) is 24.2 Å². The predicted octanol–water partition coefficient (Wildman–Crippen LogP) is 1.95. The van der Waals surface area contributed by atoms with Crippen molar-refractivity contribution in [3.8, 4) is 11.8 Å². The van der Waals surface area contributed by atoms with Gasteiger partial charge in [-0.15, -0.1) is 0 Å². The van der Waals surface area contributed by atoms with Crippen molar-refractivity contribution in [2.24, 2.45) is 11.8 Å². The van der Waals surface area contributed by atoms with Gasteiger partial charge in [0.25, 0.3) is 5.91 Å². The van der Waals surface area contributed by atoms with Gasteiger partial charge in [-0.3, -0.25) is 4.79 Å². The van der Waals surface area contributed by atoms with Crippen LogP contribution in [0.25, 0.3) is 0 Å². The van der Waals surface area contributed by atoms with E-state index in [9.17, 15) is 9.18 Å². The zero-order valence-electron chi connectivity index (χ0n) is 11.4. The number of aliphatic hydroxyl groups is 1. The molecule has 106 valence electrons. The summed E-state index contributed by atoms with van der Waals surface area (Å²) in [5, 5.41) is 11.4. The highest BCUT2D eigenvalue weighted by Gasteiger charge is 2.32. The normalized spacial score (nSPS) is 19.9. The number of aliphatic hydroxyl groups excluding tert-OH is 1. The Balaban J connectivity index is 1.97. The van der Waals surface area contributed by atoms with Crippen LogP contribution in [0.4, 0.5) is 4.39 Å². The standard InChI is InChI=1S/C16H18FNO2/c1-11-8-14(11)10-18-16(20)13-6-5-12(15(17)9-13)4-2-3-7-19/h5-6,9,11,14,19H,3,7-8,10H2,1H3,(H,18,20). The Morgan fingerprint density at radius 1 is 1.55 bits per heavy atom. The average Bonchev–Trinajstić information content (AvgIpc) is 3.14. The van der Waals surface area contributed by atoms with Crippen molar-refractivity contribution < 1.29 is 14.3 Å². The van der Waals surface area contributed by atoms with E-state index in [1.54, 1.807) is 6.07 Å². The topological polar surface area (TPSA) is 49.3 Å². The van der Waals surface area contributed by atoms with E-state index in [2.05, 4.69) is 24.1 Å². The molecule has 1 saturated carbocycles. The van der Waals surface area contributed by atoms with Gasteiger partial charge >= 0.3 is 0 Å². The van der Waals surface area contributed by atoms with Crippen molar-refractivity contribution >= 4 is 5.91 Å². The summed E-state index contributed by atoms with van der Waals surface area (Å²) in [5.74, 6) is 5.76. The van der Waals surface area contributed by atoms with Crippen molar-refractivity contribution in [3.05, 3.63) is 35.1 Å². The van der Waals surface area contributed by atoms with Gasteiger partial charge in [-0.05, 0) is 36.5 Å². The van der Waals surface area contributed by atoms with Gasteiger partial charge in [0.05, 0.1) is 12.2 Å². The third-order valence-corrected chi connectivity index (χ3v) is 3.49. The van der Waals surface area contributed by atoms with Gasteiger partial charge in [-0.25, -0.2) is 4.39 Å². The van der Waals surface area contributed by atoms with Crippen LogP contribution in [0.15, 0.2) is 18.2 Å². The predicted molar refractivity (Wildman–Crippen MR) is 74.6 cm³/mol. The minimum Gasteiger partial charge on any atom is -0.395 e. The highest BCUT2D eigenvalue weighted by Crippen LogP contribution is 2.36. The summed E-state index contributed by atoms with van der Waals surface area (Å²) in [6, 6.07) is 4.26. The summed E-state index contributed by atoms with van der Waals surface area (Å²) >= 11 is 0. The lowest BCUT2D eigenvalue weighted by molar-refractivity contribution is 0.0951. The van der Waals surface area contributed by atoms with E-state index >= 15 is 0 Å². The molecule has 1 aromatic carbocycles. The molecule has 2 atom stereocenters. The van der Waals surface area contributed by atoms with Crippen molar-refractivity contribution in [1.82, 2.24) is 5.32 Å². The van der Waals surface area contributed by atoms with Crippen molar-refractivity contribution in [1.29, 1.82) is 0 Å². The monoisotopic (exact) mass is 275 g/mol. The lowest BCUT2D eigenvalue weighted by Gasteiger charge is -2.05. The largest absolute Gasteiger partial charge is 0.395 e. The molecule has 0 aromatic heterocycles. The third kappa shape index (κ3) is 3.82. The number of hydrogen-bond donors (Lipinski definition) is 2.